The van der Waals surface area contributed by atoms with Gasteiger partial charge < -0.3 is 5.32 Å². The first-order chi connectivity index (χ1) is 9.96. The molecular weight excluding hydrogens is 308 g/mol. The monoisotopic (exact) mass is 330 g/mol. The van der Waals surface area contributed by atoms with Crippen LogP contribution in [0.3, 0.4) is 0 Å². The van der Waals surface area contributed by atoms with E-state index < -0.39 is 10.0 Å². The third-order valence-corrected chi connectivity index (χ3v) is 6.40. The smallest absolute Gasteiger partial charge is 0.244 e. The zero-order chi connectivity index (χ0) is 15.5. The van der Waals surface area contributed by atoms with Crippen molar-refractivity contribution in [1.29, 1.82) is 0 Å². The van der Waals surface area contributed by atoms with Crippen LogP contribution in [-0.4, -0.2) is 31.9 Å². The van der Waals surface area contributed by atoms with E-state index >= 15 is 0 Å². The molecule has 1 unspecified atom stereocenters. The molecule has 1 N–H and O–H groups in total. The lowest BCUT2D eigenvalue weighted by molar-refractivity contribution is 0.268. The first kappa shape index (κ1) is 16.7. The maximum atomic E-state index is 12.9. The second-order valence-corrected chi connectivity index (χ2v) is 7.77. The van der Waals surface area contributed by atoms with Gasteiger partial charge in [-0.3, -0.25) is 0 Å². The highest BCUT2D eigenvalue weighted by atomic mass is 35.5. The van der Waals surface area contributed by atoms with Crippen molar-refractivity contribution in [3.8, 4) is 0 Å². The van der Waals surface area contributed by atoms with E-state index in [4.69, 9.17) is 11.6 Å². The van der Waals surface area contributed by atoms with Crippen LogP contribution in [0.15, 0.2) is 23.1 Å². The average molecular weight is 331 g/mol. The maximum absolute atomic E-state index is 12.9. The number of benzene rings is 1. The van der Waals surface area contributed by atoms with Gasteiger partial charge >= 0.3 is 0 Å². The van der Waals surface area contributed by atoms with Crippen molar-refractivity contribution in [3.63, 3.8) is 0 Å². The molecule has 0 saturated carbocycles. The van der Waals surface area contributed by atoms with Gasteiger partial charge in [-0.25, -0.2) is 8.42 Å². The summed E-state index contributed by atoms with van der Waals surface area (Å²) in [5.41, 5.74) is 0.935. The lowest BCUT2D eigenvalue weighted by Crippen LogP contribution is -2.42. The molecule has 0 aromatic heterocycles. The van der Waals surface area contributed by atoms with E-state index in [1.807, 2.05) is 19.9 Å². The van der Waals surface area contributed by atoms with Crippen LogP contribution in [0.4, 0.5) is 0 Å². The minimum absolute atomic E-state index is 0.0391. The fourth-order valence-electron chi connectivity index (χ4n) is 2.68. The topological polar surface area (TPSA) is 49.4 Å². The maximum Gasteiger partial charge on any atom is 0.244 e. The van der Waals surface area contributed by atoms with Crippen molar-refractivity contribution in [1.82, 2.24) is 9.62 Å². The van der Waals surface area contributed by atoms with Crippen molar-refractivity contribution in [2.45, 2.75) is 50.6 Å². The number of hydrogen-bond acceptors (Lipinski definition) is 3. The van der Waals surface area contributed by atoms with Gasteiger partial charge in [-0.1, -0.05) is 31.0 Å². The Labute approximate surface area is 132 Å². The van der Waals surface area contributed by atoms with Crippen molar-refractivity contribution >= 4 is 21.6 Å². The fraction of sp³-hybridized carbons (Fsp3) is 0.600. The van der Waals surface area contributed by atoms with Gasteiger partial charge in [0, 0.05) is 19.1 Å². The molecule has 0 aliphatic carbocycles. The molecule has 1 heterocycles. The van der Waals surface area contributed by atoms with Gasteiger partial charge in [0.25, 0.3) is 0 Å². The van der Waals surface area contributed by atoms with Gasteiger partial charge in [0.15, 0.2) is 0 Å². The fourth-order valence-corrected chi connectivity index (χ4v) is 4.91. The minimum Gasteiger partial charge on any atom is -0.313 e. The number of piperidine rings is 1. The third kappa shape index (κ3) is 3.77. The van der Waals surface area contributed by atoms with E-state index in [9.17, 15) is 8.42 Å². The molecule has 1 aromatic carbocycles. The highest BCUT2D eigenvalue weighted by molar-refractivity contribution is 7.89. The highest BCUT2D eigenvalue weighted by Gasteiger charge is 2.32. The summed E-state index contributed by atoms with van der Waals surface area (Å²) in [6.45, 7) is 6.05. The van der Waals surface area contributed by atoms with Gasteiger partial charge in [0.05, 0.1) is 5.02 Å². The molecule has 118 valence electrons. The van der Waals surface area contributed by atoms with E-state index in [1.54, 1.807) is 16.4 Å². The molecule has 0 amide bonds. The second-order valence-electron chi connectivity index (χ2n) is 5.51. The second kappa shape index (κ2) is 7.09. The van der Waals surface area contributed by atoms with Crippen LogP contribution < -0.4 is 5.32 Å². The highest BCUT2D eigenvalue weighted by Crippen LogP contribution is 2.30. The zero-order valence-corrected chi connectivity index (χ0v) is 14.2. The van der Waals surface area contributed by atoms with Gasteiger partial charge in [0.1, 0.15) is 4.90 Å². The van der Waals surface area contributed by atoms with E-state index in [-0.39, 0.29) is 10.9 Å². The molecule has 1 aromatic rings. The van der Waals surface area contributed by atoms with Crippen molar-refractivity contribution < 1.29 is 8.42 Å². The van der Waals surface area contributed by atoms with Crippen LogP contribution in [0.5, 0.6) is 0 Å². The van der Waals surface area contributed by atoms with Gasteiger partial charge in [0.2, 0.25) is 10.0 Å². The number of sulfonamides is 1. The normalized spacial score (nSPS) is 20.6. The van der Waals surface area contributed by atoms with Crippen molar-refractivity contribution in [2.75, 3.05) is 13.1 Å². The molecule has 1 aliphatic rings. The Morgan fingerprint density at radius 1 is 1.38 bits per heavy atom. The number of nitrogens with one attached hydrogen (secondary N) is 1. The molecular formula is C15H23ClN2O2S. The first-order valence-electron chi connectivity index (χ1n) is 7.47. The molecule has 1 fully saturated rings. The van der Waals surface area contributed by atoms with Crippen LogP contribution in [0.1, 0.15) is 38.7 Å². The summed E-state index contributed by atoms with van der Waals surface area (Å²) in [5.74, 6) is 0. The molecule has 21 heavy (non-hydrogen) atoms. The number of nitrogens with zero attached hydrogens (tertiary/aromatic N) is 1. The van der Waals surface area contributed by atoms with Gasteiger partial charge in [-0.15, -0.1) is 0 Å². The van der Waals surface area contributed by atoms with Gasteiger partial charge in [-0.2, -0.15) is 4.31 Å². The summed E-state index contributed by atoms with van der Waals surface area (Å²) in [6, 6.07) is 5.28. The molecule has 1 atom stereocenters. The summed E-state index contributed by atoms with van der Waals surface area (Å²) >= 11 is 6.16. The Morgan fingerprint density at radius 3 is 2.81 bits per heavy atom. The summed E-state index contributed by atoms with van der Waals surface area (Å²) in [6.07, 6.45) is 2.91. The SMILES string of the molecule is CCNCc1ccc(Cl)c(S(=O)(=O)N2CCCCC2C)c1. The van der Waals surface area contributed by atoms with Gasteiger partial charge in [-0.05, 0) is 44.0 Å². The number of halogens is 1. The Kier molecular flexibility index (Phi) is 5.66. The van der Waals surface area contributed by atoms with Crippen molar-refractivity contribution in [2.24, 2.45) is 0 Å². The average Bonchev–Trinajstić information content (AvgIpc) is 2.46. The van der Waals surface area contributed by atoms with Crippen LogP contribution in [0, 0.1) is 0 Å². The number of rotatable bonds is 5. The Morgan fingerprint density at radius 2 is 2.14 bits per heavy atom. The lowest BCUT2D eigenvalue weighted by Gasteiger charge is -2.32. The molecule has 6 heteroatoms. The number of hydrogen-bond donors (Lipinski definition) is 1. The van der Waals surface area contributed by atoms with E-state index in [2.05, 4.69) is 5.32 Å². The Hall–Kier alpha value is -0.620. The minimum atomic E-state index is -3.52. The standard InChI is InChI=1S/C15H23ClN2O2S/c1-3-17-11-13-7-8-14(16)15(10-13)21(19,20)18-9-5-4-6-12(18)2/h7-8,10,12,17H,3-6,9,11H2,1-2H3. The molecule has 0 bridgehead atoms. The molecule has 4 nitrogen and oxygen atoms in total. The predicted molar refractivity (Wildman–Crippen MR) is 86.0 cm³/mol. The van der Waals surface area contributed by atoms with E-state index in [1.165, 1.54) is 0 Å². The third-order valence-electron chi connectivity index (χ3n) is 3.90. The Balaban J connectivity index is 2.34. The molecule has 1 aliphatic heterocycles. The van der Waals surface area contributed by atoms with Crippen LogP contribution >= 0.6 is 11.6 Å². The largest absolute Gasteiger partial charge is 0.313 e. The van der Waals surface area contributed by atoms with Crippen LogP contribution in [-0.2, 0) is 16.6 Å². The first-order valence-corrected chi connectivity index (χ1v) is 9.29. The van der Waals surface area contributed by atoms with E-state index in [0.29, 0.717) is 18.1 Å². The summed E-state index contributed by atoms with van der Waals surface area (Å²) < 4.78 is 27.3. The quantitative estimate of drug-likeness (QED) is 0.902. The van der Waals surface area contributed by atoms with E-state index in [0.717, 1.165) is 31.4 Å². The molecule has 2 rings (SSSR count). The molecule has 1 saturated heterocycles. The molecule has 0 spiro atoms. The Bertz CT molecular complexity index is 589. The van der Waals surface area contributed by atoms with Crippen molar-refractivity contribution in [3.05, 3.63) is 28.8 Å². The summed E-state index contributed by atoms with van der Waals surface area (Å²) in [7, 11) is -3.52. The predicted octanol–water partition coefficient (Wildman–Crippen LogP) is 3.01. The van der Waals surface area contributed by atoms with Crippen LogP contribution in [0.2, 0.25) is 5.02 Å². The van der Waals surface area contributed by atoms with Crippen LogP contribution in [0.25, 0.3) is 0 Å². The molecule has 0 radical (unpaired) electrons. The summed E-state index contributed by atoms with van der Waals surface area (Å²) in [5, 5.41) is 3.50. The lowest BCUT2D eigenvalue weighted by atomic mass is 10.1. The zero-order valence-electron chi connectivity index (χ0n) is 12.6. The summed E-state index contributed by atoms with van der Waals surface area (Å²) in [4.78, 5) is 0.230.